The van der Waals surface area contributed by atoms with Crippen LogP contribution in [0.4, 0.5) is 0 Å². The van der Waals surface area contributed by atoms with Gasteiger partial charge in [-0.1, -0.05) is 30.7 Å². The van der Waals surface area contributed by atoms with Gasteiger partial charge in [0.25, 0.3) is 0 Å². The van der Waals surface area contributed by atoms with Gasteiger partial charge in [0.15, 0.2) is 0 Å². The van der Waals surface area contributed by atoms with Crippen molar-refractivity contribution in [3.8, 4) is 5.75 Å². The van der Waals surface area contributed by atoms with Gasteiger partial charge < -0.3 is 4.74 Å². The fraction of sp³-hybridized carbons (Fsp3) is 0.250. The third-order valence-electron chi connectivity index (χ3n) is 3.12. The van der Waals surface area contributed by atoms with Crippen molar-refractivity contribution in [2.24, 2.45) is 5.84 Å². The smallest absolute Gasteiger partial charge is 0.119 e. The van der Waals surface area contributed by atoms with E-state index < -0.39 is 0 Å². The van der Waals surface area contributed by atoms with Crippen LogP contribution in [-0.2, 0) is 0 Å². The van der Waals surface area contributed by atoms with E-state index in [2.05, 4.69) is 34.9 Å². The molecule has 1 atom stereocenters. The highest BCUT2D eigenvalue weighted by Gasteiger charge is 2.16. The number of rotatable bonds is 6. The summed E-state index contributed by atoms with van der Waals surface area (Å²) < 4.78 is 6.71. The molecule has 21 heavy (non-hydrogen) atoms. The van der Waals surface area contributed by atoms with Gasteiger partial charge in [-0.05, 0) is 70.5 Å². The lowest BCUT2D eigenvalue weighted by molar-refractivity contribution is 0.317. The number of ether oxygens (including phenoxy) is 1. The monoisotopic (exact) mass is 416 g/mol. The van der Waals surface area contributed by atoms with Crippen molar-refractivity contribution in [3.63, 3.8) is 0 Å². The van der Waals surface area contributed by atoms with Crippen molar-refractivity contribution in [2.75, 3.05) is 6.61 Å². The van der Waals surface area contributed by atoms with Gasteiger partial charge in [-0.15, -0.1) is 0 Å². The molecule has 0 aliphatic rings. The number of nitrogens with two attached hydrogens (primary N) is 1. The standard InChI is InChI=1S/C16H18ClIN2O/c1-2-9-21-13-6-3-11(4-7-13)16(20-19)14-10-12(17)5-8-15(14)18/h3-8,10,16,20H,2,9,19H2,1H3. The number of hydrogen-bond donors (Lipinski definition) is 2. The topological polar surface area (TPSA) is 47.3 Å². The van der Waals surface area contributed by atoms with E-state index in [0.717, 1.165) is 33.5 Å². The average Bonchev–Trinajstić information content (AvgIpc) is 2.50. The van der Waals surface area contributed by atoms with Gasteiger partial charge in [0, 0.05) is 8.59 Å². The third-order valence-corrected chi connectivity index (χ3v) is 4.34. The Kier molecular flexibility index (Phi) is 6.29. The number of benzene rings is 2. The SMILES string of the molecule is CCCOc1ccc(C(NN)c2cc(Cl)ccc2I)cc1. The van der Waals surface area contributed by atoms with Crippen LogP contribution < -0.4 is 16.0 Å². The summed E-state index contributed by atoms with van der Waals surface area (Å²) in [6.45, 7) is 2.81. The maximum atomic E-state index is 6.10. The van der Waals surface area contributed by atoms with Crippen LogP contribution >= 0.6 is 34.2 Å². The van der Waals surface area contributed by atoms with E-state index in [0.29, 0.717) is 5.02 Å². The van der Waals surface area contributed by atoms with Crippen LogP contribution in [0.25, 0.3) is 0 Å². The molecule has 2 aromatic carbocycles. The van der Waals surface area contributed by atoms with Gasteiger partial charge in [0.2, 0.25) is 0 Å². The van der Waals surface area contributed by atoms with E-state index in [4.69, 9.17) is 22.2 Å². The number of hydrogen-bond acceptors (Lipinski definition) is 3. The molecule has 0 aliphatic heterocycles. The molecule has 5 heteroatoms. The summed E-state index contributed by atoms with van der Waals surface area (Å²) in [5, 5.41) is 0.702. The van der Waals surface area contributed by atoms with Crippen LogP contribution in [0.5, 0.6) is 5.75 Å². The largest absolute Gasteiger partial charge is 0.494 e. The Morgan fingerprint density at radius 2 is 1.95 bits per heavy atom. The predicted molar refractivity (Wildman–Crippen MR) is 95.6 cm³/mol. The number of nitrogens with one attached hydrogen (secondary N) is 1. The minimum Gasteiger partial charge on any atom is -0.494 e. The first-order chi connectivity index (χ1) is 10.2. The molecule has 0 spiro atoms. The summed E-state index contributed by atoms with van der Waals surface area (Å²) in [5.41, 5.74) is 4.99. The quantitative estimate of drug-likeness (QED) is 0.420. The Morgan fingerprint density at radius 1 is 1.24 bits per heavy atom. The van der Waals surface area contributed by atoms with Crippen LogP contribution in [-0.4, -0.2) is 6.61 Å². The van der Waals surface area contributed by atoms with E-state index in [9.17, 15) is 0 Å². The van der Waals surface area contributed by atoms with Crippen LogP contribution in [0, 0.1) is 3.57 Å². The predicted octanol–water partition coefficient (Wildman–Crippen LogP) is 4.29. The molecule has 2 aromatic rings. The molecule has 3 N–H and O–H groups in total. The number of hydrazine groups is 1. The van der Waals surface area contributed by atoms with Gasteiger partial charge in [0.05, 0.1) is 12.6 Å². The van der Waals surface area contributed by atoms with Gasteiger partial charge in [-0.25, -0.2) is 5.43 Å². The number of halogens is 2. The molecule has 0 aromatic heterocycles. The molecular formula is C16H18ClIN2O. The Balaban J connectivity index is 2.26. The zero-order valence-electron chi connectivity index (χ0n) is 11.8. The normalized spacial score (nSPS) is 12.2. The molecule has 0 radical (unpaired) electrons. The van der Waals surface area contributed by atoms with E-state index in [-0.39, 0.29) is 6.04 Å². The molecule has 0 saturated carbocycles. The van der Waals surface area contributed by atoms with Gasteiger partial charge in [-0.2, -0.15) is 0 Å². The molecule has 0 saturated heterocycles. The van der Waals surface area contributed by atoms with E-state index >= 15 is 0 Å². The molecular weight excluding hydrogens is 399 g/mol. The molecule has 0 amide bonds. The summed E-state index contributed by atoms with van der Waals surface area (Å²) in [6.07, 6.45) is 0.995. The first-order valence-corrected chi connectivity index (χ1v) is 8.25. The molecule has 0 fully saturated rings. The third kappa shape index (κ3) is 4.32. The highest BCUT2D eigenvalue weighted by Crippen LogP contribution is 2.29. The summed E-state index contributed by atoms with van der Waals surface area (Å²) in [7, 11) is 0. The Labute approximate surface area is 143 Å². The molecule has 3 nitrogen and oxygen atoms in total. The lowest BCUT2D eigenvalue weighted by atomic mass is 9.99. The molecule has 112 valence electrons. The Bertz CT molecular complexity index is 589. The molecule has 0 aliphatic carbocycles. The van der Waals surface area contributed by atoms with Crippen LogP contribution in [0.3, 0.4) is 0 Å². The van der Waals surface area contributed by atoms with E-state index in [1.54, 1.807) is 0 Å². The molecule has 0 heterocycles. The van der Waals surface area contributed by atoms with Crippen LogP contribution in [0.15, 0.2) is 42.5 Å². The van der Waals surface area contributed by atoms with Gasteiger partial charge >= 0.3 is 0 Å². The second-order valence-corrected chi connectivity index (χ2v) is 6.28. The van der Waals surface area contributed by atoms with E-state index in [1.807, 2.05) is 42.5 Å². The van der Waals surface area contributed by atoms with Crippen molar-refractivity contribution in [1.29, 1.82) is 0 Å². The first-order valence-electron chi connectivity index (χ1n) is 6.79. The fourth-order valence-electron chi connectivity index (χ4n) is 2.08. The minimum absolute atomic E-state index is 0.101. The molecule has 0 bridgehead atoms. The molecule has 2 rings (SSSR count). The second kappa shape index (κ2) is 7.98. The van der Waals surface area contributed by atoms with Crippen molar-refractivity contribution in [2.45, 2.75) is 19.4 Å². The summed E-state index contributed by atoms with van der Waals surface area (Å²) in [4.78, 5) is 0. The minimum atomic E-state index is -0.101. The van der Waals surface area contributed by atoms with Crippen molar-refractivity contribution in [3.05, 3.63) is 62.2 Å². The summed E-state index contributed by atoms with van der Waals surface area (Å²) >= 11 is 8.38. The molecule has 1 unspecified atom stereocenters. The maximum Gasteiger partial charge on any atom is 0.119 e. The second-order valence-electron chi connectivity index (χ2n) is 4.68. The fourth-order valence-corrected chi connectivity index (χ4v) is 2.91. The average molecular weight is 417 g/mol. The zero-order valence-corrected chi connectivity index (χ0v) is 14.7. The van der Waals surface area contributed by atoms with Crippen LogP contribution in [0.2, 0.25) is 5.02 Å². The zero-order chi connectivity index (χ0) is 15.2. The lowest BCUT2D eigenvalue weighted by Crippen LogP contribution is -2.29. The highest BCUT2D eigenvalue weighted by atomic mass is 127. The lowest BCUT2D eigenvalue weighted by Gasteiger charge is -2.19. The highest BCUT2D eigenvalue weighted by molar-refractivity contribution is 14.1. The van der Waals surface area contributed by atoms with Crippen molar-refractivity contribution in [1.82, 2.24) is 5.43 Å². The summed E-state index contributed by atoms with van der Waals surface area (Å²) in [5.74, 6) is 6.62. The van der Waals surface area contributed by atoms with Crippen LogP contribution in [0.1, 0.15) is 30.5 Å². The van der Waals surface area contributed by atoms with Gasteiger partial charge in [0.1, 0.15) is 5.75 Å². The maximum absolute atomic E-state index is 6.10. The first kappa shape index (κ1) is 16.5. The van der Waals surface area contributed by atoms with Crippen molar-refractivity contribution < 1.29 is 4.74 Å². The Morgan fingerprint density at radius 3 is 2.57 bits per heavy atom. The summed E-state index contributed by atoms with van der Waals surface area (Å²) in [6, 6.07) is 13.7. The van der Waals surface area contributed by atoms with Gasteiger partial charge in [-0.3, -0.25) is 5.84 Å². The van der Waals surface area contributed by atoms with E-state index in [1.165, 1.54) is 0 Å². The Hall–Kier alpha value is -0.820. The van der Waals surface area contributed by atoms with Crippen molar-refractivity contribution >= 4 is 34.2 Å².